The molecule has 21 heavy (non-hydrogen) atoms. The highest BCUT2D eigenvalue weighted by Gasteiger charge is 2.20. The summed E-state index contributed by atoms with van der Waals surface area (Å²) in [5.74, 6) is 1.60. The molecule has 1 aromatic heterocycles. The van der Waals surface area contributed by atoms with E-state index in [4.69, 9.17) is 9.47 Å². The molecule has 114 valence electrons. The normalized spacial score (nSPS) is 12.2. The average molecular weight is 370 g/mol. The highest BCUT2D eigenvalue weighted by molar-refractivity contribution is 9.10. The molecule has 0 aliphatic rings. The van der Waals surface area contributed by atoms with Crippen molar-refractivity contribution in [3.05, 3.63) is 44.1 Å². The third-order valence-corrected chi connectivity index (χ3v) is 5.25. The van der Waals surface area contributed by atoms with E-state index in [1.165, 1.54) is 9.75 Å². The topological polar surface area (TPSA) is 30.5 Å². The van der Waals surface area contributed by atoms with Crippen molar-refractivity contribution in [2.24, 2.45) is 0 Å². The molecule has 1 unspecified atom stereocenters. The summed E-state index contributed by atoms with van der Waals surface area (Å²) < 4.78 is 11.9. The van der Waals surface area contributed by atoms with Gasteiger partial charge in [-0.25, -0.2) is 0 Å². The van der Waals surface area contributed by atoms with E-state index >= 15 is 0 Å². The van der Waals surface area contributed by atoms with Crippen LogP contribution in [0, 0.1) is 6.92 Å². The molecule has 0 bridgehead atoms. The summed E-state index contributed by atoms with van der Waals surface area (Å²) in [7, 11) is 3.35. The van der Waals surface area contributed by atoms with Gasteiger partial charge in [0.1, 0.15) is 11.5 Å². The van der Waals surface area contributed by atoms with Crippen LogP contribution < -0.4 is 14.8 Å². The smallest absolute Gasteiger partial charge is 0.122 e. The van der Waals surface area contributed by atoms with E-state index in [9.17, 15) is 0 Å². The van der Waals surface area contributed by atoms with E-state index in [1.54, 1.807) is 25.6 Å². The molecule has 0 saturated heterocycles. The van der Waals surface area contributed by atoms with Crippen molar-refractivity contribution in [1.29, 1.82) is 0 Å². The van der Waals surface area contributed by atoms with E-state index in [0.717, 1.165) is 28.1 Å². The van der Waals surface area contributed by atoms with Crippen LogP contribution in [0.15, 0.2) is 28.7 Å². The highest BCUT2D eigenvalue weighted by atomic mass is 79.9. The van der Waals surface area contributed by atoms with Crippen LogP contribution in [0.2, 0.25) is 0 Å². The van der Waals surface area contributed by atoms with Crippen molar-refractivity contribution in [2.75, 3.05) is 20.8 Å². The molecular weight excluding hydrogens is 350 g/mol. The number of thiophene rings is 1. The number of rotatable bonds is 6. The van der Waals surface area contributed by atoms with Crippen molar-refractivity contribution in [2.45, 2.75) is 19.9 Å². The first kappa shape index (κ1) is 16.3. The van der Waals surface area contributed by atoms with Crippen LogP contribution in [0.25, 0.3) is 0 Å². The van der Waals surface area contributed by atoms with Crippen molar-refractivity contribution in [3.63, 3.8) is 0 Å². The molecule has 0 fully saturated rings. The lowest BCUT2D eigenvalue weighted by atomic mass is 10.0. The van der Waals surface area contributed by atoms with E-state index in [-0.39, 0.29) is 6.04 Å². The van der Waals surface area contributed by atoms with Gasteiger partial charge in [-0.15, -0.1) is 11.3 Å². The van der Waals surface area contributed by atoms with E-state index in [0.29, 0.717) is 0 Å². The molecule has 0 aliphatic carbocycles. The van der Waals surface area contributed by atoms with Gasteiger partial charge in [0, 0.05) is 20.3 Å². The molecule has 0 radical (unpaired) electrons. The van der Waals surface area contributed by atoms with Gasteiger partial charge in [-0.2, -0.15) is 0 Å². The average Bonchev–Trinajstić information content (AvgIpc) is 2.82. The summed E-state index contributed by atoms with van der Waals surface area (Å²) in [6.07, 6.45) is 0. The van der Waals surface area contributed by atoms with Crippen LogP contribution in [0.4, 0.5) is 0 Å². The fraction of sp³-hybridized carbons (Fsp3) is 0.375. The minimum absolute atomic E-state index is 0.118. The third kappa shape index (κ3) is 3.78. The van der Waals surface area contributed by atoms with Gasteiger partial charge in [0.05, 0.1) is 20.3 Å². The molecule has 0 spiro atoms. The van der Waals surface area contributed by atoms with Crippen LogP contribution in [-0.2, 0) is 0 Å². The maximum Gasteiger partial charge on any atom is 0.122 e. The maximum absolute atomic E-state index is 5.38. The second-order valence-electron chi connectivity index (χ2n) is 4.71. The molecule has 2 rings (SSSR count). The number of methoxy groups -OCH3 is 2. The predicted octanol–water partition coefficient (Wildman–Crippen LogP) is 4.54. The minimum Gasteiger partial charge on any atom is -0.497 e. The van der Waals surface area contributed by atoms with Crippen molar-refractivity contribution in [1.82, 2.24) is 5.32 Å². The monoisotopic (exact) mass is 369 g/mol. The predicted molar refractivity (Wildman–Crippen MR) is 91.8 cm³/mol. The molecule has 1 aromatic carbocycles. The number of benzene rings is 1. The molecule has 1 heterocycles. The Balaban J connectivity index is 2.49. The Labute approximate surface area is 138 Å². The lowest BCUT2D eigenvalue weighted by Crippen LogP contribution is -2.21. The standard InChI is InChI=1S/C16H20BrNO2S/c1-5-18-15(16-14(17)6-10(2)21-16)11-7-12(19-3)9-13(8-11)20-4/h6-9,15,18H,5H2,1-4H3. The fourth-order valence-corrected chi connectivity index (χ4v) is 4.24. The second kappa shape index (κ2) is 7.29. The molecule has 1 atom stereocenters. The number of halogens is 1. The first-order chi connectivity index (χ1) is 10.1. The Bertz CT molecular complexity index is 590. The zero-order chi connectivity index (χ0) is 15.4. The van der Waals surface area contributed by atoms with Gasteiger partial charge in [0.2, 0.25) is 0 Å². The maximum atomic E-state index is 5.38. The molecular formula is C16H20BrNO2S. The summed E-state index contributed by atoms with van der Waals surface area (Å²) in [5, 5.41) is 3.54. The molecule has 3 nitrogen and oxygen atoms in total. The first-order valence-corrected chi connectivity index (χ1v) is 8.42. The summed E-state index contributed by atoms with van der Waals surface area (Å²) >= 11 is 5.46. The van der Waals surface area contributed by atoms with Gasteiger partial charge in [-0.05, 0) is 53.2 Å². The minimum atomic E-state index is 0.118. The van der Waals surface area contributed by atoms with Crippen LogP contribution in [-0.4, -0.2) is 20.8 Å². The Morgan fingerprint density at radius 2 is 1.76 bits per heavy atom. The van der Waals surface area contributed by atoms with Crippen LogP contribution in [0.1, 0.15) is 28.3 Å². The van der Waals surface area contributed by atoms with Crippen molar-refractivity contribution >= 4 is 27.3 Å². The summed E-state index contributed by atoms with van der Waals surface area (Å²) in [4.78, 5) is 2.55. The summed E-state index contributed by atoms with van der Waals surface area (Å²) in [6, 6.07) is 8.27. The van der Waals surface area contributed by atoms with E-state index in [1.807, 2.05) is 6.07 Å². The zero-order valence-electron chi connectivity index (χ0n) is 12.7. The van der Waals surface area contributed by atoms with Gasteiger partial charge in [0.25, 0.3) is 0 Å². The molecule has 0 amide bonds. The number of ether oxygens (including phenoxy) is 2. The SMILES string of the molecule is CCNC(c1cc(OC)cc(OC)c1)c1sc(C)cc1Br. The van der Waals surface area contributed by atoms with Crippen molar-refractivity contribution < 1.29 is 9.47 Å². The quantitative estimate of drug-likeness (QED) is 0.810. The van der Waals surface area contributed by atoms with Gasteiger partial charge in [-0.3, -0.25) is 0 Å². The number of nitrogens with one attached hydrogen (secondary N) is 1. The fourth-order valence-electron chi connectivity index (χ4n) is 2.26. The molecule has 0 saturated carbocycles. The first-order valence-electron chi connectivity index (χ1n) is 6.81. The van der Waals surface area contributed by atoms with Crippen molar-refractivity contribution in [3.8, 4) is 11.5 Å². The lowest BCUT2D eigenvalue weighted by molar-refractivity contribution is 0.392. The highest BCUT2D eigenvalue weighted by Crippen LogP contribution is 2.37. The van der Waals surface area contributed by atoms with Gasteiger partial charge >= 0.3 is 0 Å². The lowest BCUT2D eigenvalue weighted by Gasteiger charge is -2.19. The van der Waals surface area contributed by atoms with Crippen LogP contribution >= 0.6 is 27.3 Å². The number of hydrogen-bond acceptors (Lipinski definition) is 4. The Kier molecular flexibility index (Phi) is 5.67. The van der Waals surface area contributed by atoms with E-state index < -0.39 is 0 Å². The van der Waals surface area contributed by atoms with Gasteiger partial charge in [-0.1, -0.05) is 6.92 Å². The number of hydrogen-bond donors (Lipinski definition) is 1. The van der Waals surface area contributed by atoms with Crippen LogP contribution in [0.5, 0.6) is 11.5 Å². The Morgan fingerprint density at radius 1 is 1.14 bits per heavy atom. The molecule has 2 aromatic rings. The van der Waals surface area contributed by atoms with Gasteiger partial charge < -0.3 is 14.8 Å². The second-order valence-corrected chi connectivity index (χ2v) is 6.85. The summed E-state index contributed by atoms with van der Waals surface area (Å²) in [5.41, 5.74) is 1.13. The van der Waals surface area contributed by atoms with Crippen LogP contribution in [0.3, 0.4) is 0 Å². The molecule has 5 heteroatoms. The molecule has 0 aliphatic heterocycles. The zero-order valence-corrected chi connectivity index (χ0v) is 15.1. The third-order valence-electron chi connectivity index (χ3n) is 3.21. The Hall–Kier alpha value is -1.04. The summed E-state index contributed by atoms with van der Waals surface area (Å²) in [6.45, 7) is 5.11. The largest absolute Gasteiger partial charge is 0.497 e. The number of aryl methyl sites for hydroxylation is 1. The van der Waals surface area contributed by atoms with E-state index in [2.05, 4.69) is 53.3 Å². The molecule has 1 N–H and O–H groups in total. The Morgan fingerprint density at radius 3 is 2.19 bits per heavy atom. The van der Waals surface area contributed by atoms with Gasteiger partial charge in [0.15, 0.2) is 0 Å².